The fourth-order valence-corrected chi connectivity index (χ4v) is 2.65. The number of anilines is 1. The monoisotopic (exact) mass is 392 g/mol. The van der Waals surface area contributed by atoms with Crippen molar-refractivity contribution in [3.8, 4) is 5.75 Å². The molecule has 0 saturated carbocycles. The fourth-order valence-electron chi connectivity index (χ4n) is 2.46. The summed E-state index contributed by atoms with van der Waals surface area (Å²) in [6.45, 7) is 0. The number of amides is 2. The summed E-state index contributed by atoms with van der Waals surface area (Å²) in [5.41, 5.74) is 1.19. The van der Waals surface area contributed by atoms with Crippen LogP contribution in [0.3, 0.4) is 0 Å². The molecule has 2 amide bonds. The maximum absolute atomic E-state index is 12.8. The standard InChI is InChI=1S/C22H17ClN2O3/c23-17-11-5-4-10-16(17)14-19(25-21(27)15-8-2-1-3-9-15)22(28)24-18-12-6-7-13-20(18)26/h1-14,26H,(H,24,28)(H,25,27)/b19-14-. The second-order valence-electron chi connectivity index (χ2n) is 5.87. The van der Waals surface area contributed by atoms with E-state index in [-0.39, 0.29) is 17.1 Å². The zero-order chi connectivity index (χ0) is 19.9. The lowest BCUT2D eigenvalue weighted by molar-refractivity contribution is -0.113. The summed E-state index contributed by atoms with van der Waals surface area (Å²) in [7, 11) is 0. The predicted octanol–water partition coefficient (Wildman–Crippen LogP) is 4.46. The number of halogens is 1. The largest absolute Gasteiger partial charge is 0.506 e. The highest BCUT2D eigenvalue weighted by molar-refractivity contribution is 6.32. The fraction of sp³-hybridized carbons (Fsp3) is 0. The number of nitrogens with one attached hydrogen (secondary N) is 2. The third-order valence-electron chi connectivity index (χ3n) is 3.89. The molecular weight excluding hydrogens is 376 g/mol. The van der Waals surface area contributed by atoms with Crippen molar-refractivity contribution in [2.24, 2.45) is 0 Å². The van der Waals surface area contributed by atoms with Crippen molar-refractivity contribution in [2.75, 3.05) is 5.32 Å². The summed E-state index contributed by atoms with van der Waals surface area (Å²) in [6, 6.07) is 21.8. The van der Waals surface area contributed by atoms with Gasteiger partial charge in [-0.15, -0.1) is 0 Å². The number of carbonyl (C=O) groups excluding carboxylic acids is 2. The Hall–Kier alpha value is -3.57. The number of hydrogen-bond acceptors (Lipinski definition) is 3. The van der Waals surface area contributed by atoms with Crippen LogP contribution in [0.25, 0.3) is 6.08 Å². The van der Waals surface area contributed by atoms with E-state index in [0.29, 0.717) is 16.1 Å². The van der Waals surface area contributed by atoms with Gasteiger partial charge in [-0.1, -0.05) is 60.1 Å². The van der Waals surface area contributed by atoms with Crippen molar-refractivity contribution in [1.82, 2.24) is 5.32 Å². The quantitative estimate of drug-likeness (QED) is 0.443. The Balaban J connectivity index is 1.92. The van der Waals surface area contributed by atoms with Gasteiger partial charge in [-0.3, -0.25) is 9.59 Å². The van der Waals surface area contributed by atoms with Gasteiger partial charge >= 0.3 is 0 Å². The van der Waals surface area contributed by atoms with Gasteiger partial charge in [-0.05, 0) is 42.0 Å². The minimum atomic E-state index is -0.592. The normalized spacial score (nSPS) is 11.0. The molecule has 0 aliphatic heterocycles. The van der Waals surface area contributed by atoms with Gasteiger partial charge in [0, 0.05) is 10.6 Å². The number of phenols is 1. The van der Waals surface area contributed by atoms with E-state index < -0.39 is 11.8 Å². The number of phenolic OH excluding ortho intramolecular Hbond substituents is 1. The van der Waals surface area contributed by atoms with Crippen LogP contribution >= 0.6 is 11.6 Å². The summed E-state index contributed by atoms with van der Waals surface area (Å²) >= 11 is 6.18. The van der Waals surface area contributed by atoms with E-state index in [1.54, 1.807) is 72.8 Å². The first-order valence-corrected chi connectivity index (χ1v) is 8.84. The van der Waals surface area contributed by atoms with E-state index in [9.17, 15) is 14.7 Å². The molecule has 0 saturated heterocycles. The molecule has 0 bridgehead atoms. The molecule has 28 heavy (non-hydrogen) atoms. The Kier molecular flexibility index (Phi) is 6.09. The van der Waals surface area contributed by atoms with E-state index in [4.69, 9.17) is 11.6 Å². The van der Waals surface area contributed by atoms with Crippen LogP contribution in [-0.4, -0.2) is 16.9 Å². The Bertz CT molecular complexity index is 1030. The van der Waals surface area contributed by atoms with Gasteiger partial charge in [-0.25, -0.2) is 0 Å². The van der Waals surface area contributed by atoms with Crippen molar-refractivity contribution < 1.29 is 14.7 Å². The highest BCUT2D eigenvalue weighted by Crippen LogP contribution is 2.23. The van der Waals surface area contributed by atoms with E-state index in [1.807, 2.05) is 0 Å². The third-order valence-corrected chi connectivity index (χ3v) is 4.23. The number of aromatic hydroxyl groups is 1. The summed E-state index contributed by atoms with van der Waals surface area (Å²) in [4.78, 5) is 25.3. The van der Waals surface area contributed by atoms with Crippen LogP contribution in [0.4, 0.5) is 5.69 Å². The smallest absolute Gasteiger partial charge is 0.272 e. The highest BCUT2D eigenvalue weighted by atomic mass is 35.5. The lowest BCUT2D eigenvalue weighted by Crippen LogP contribution is -2.30. The maximum atomic E-state index is 12.8. The second kappa shape index (κ2) is 8.88. The van der Waals surface area contributed by atoms with Gasteiger partial charge < -0.3 is 15.7 Å². The molecule has 6 heteroatoms. The number of hydrogen-bond donors (Lipinski definition) is 3. The Labute approximate surface area is 167 Å². The minimum absolute atomic E-state index is 0.00907. The first-order chi connectivity index (χ1) is 13.5. The molecule has 0 atom stereocenters. The van der Waals surface area contributed by atoms with Crippen molar-refractivity contribution in [3.05, 3.63) is 101 Å². The maximum Gasteiger partial charge on any atom is 0.272 e. The lowest BCUT2D eigenvalue weighted by Gasteiger charge is -2.12. The molecule has 140 valence electrons. The van der Waals surface area contributed by atoms with E-state index in [0.717, 1.165) is 0 Å². The van der Waals surface area contributed by atoms with Crippen LogP contribution < -0.4 is 10.6 Å². The molecular formula is C22H17ClN2O3. The summed E-state index contributed by atoms with van der Waals surface area (Å²) in [6.07, 6.45) is 1.48. The topological polar surface area (TPSA) is 78.4 Å². The van der Waals surface area contributed by atoms with Crippen molar-refractivity contribution >= 4 is 35.2 Å². The second-order valence-corrected chi connectivity index (χ2v) is 6.28. The molecule has 0 unspecified atom stereocenters. The predicted molar refractivity (Wildman–Crippen MR) is 110 cm³/mol. The number of carbonyl (C=O) groups is 2. The Morgan fingerprint density at radius 2 is 1.50 bits per heavy atom. The molecule has 0 fully saturated rings. The molecule has 0 radical (unpaired) electrons. The zero-order valence-corrected chi connectivity index (χ0v) is 15.5. The molecule has 3 rings (SSSR count). The summed E-state index contributed by atoms with van der Waals surface area (Å²) in [5, 5.41) is 15.5. The minimum Gasteiger partial charge on any atom is -0.506 e. The van der Waals surface area contributed by atoms with Crippen molar-refractivity contribution in [2.45, 2.75) is 0 Å². The van der Waals surface area contributed by atoms with Gasteiger partial charge in [0.05, 0.1) is 5.69 Å². The van der Waals surface area contributed by atoms with Crippen LogP contribution in [0.1, 0.15) is 15.9 Å². The SMILES string of the molecule is O=C(Nc1ccccc1O)/C(=C/c1ccccc1Cl)NC(=O)c1ccccc1. The molecule has 3 aromatic rings. The Morgan fingerprint density at radius 1 is 0.857 bits per heavy atom. The van der Waals surface area contributed by atoms with Gasteiger partial charge in [-0.2, -0.15) is 0 Å². The number of rotatable bonds is 5. The molecule has 3 aromatic carbocycles. The van der Waals surface area contributed by atoms with Gasteiger partial charge in [0.15, 0.2) is 0 Å². The summed E-state index contributed by atoms with van der Waals surface area (Å²) in [5.74, 6) is -1.11. The molecule has 0 aromatic heterocycles. The van der Waals surface area contributed by atoms with E-state index in [1.165, 1.54) is 12.1 Å². The Morgan fingerprint density at radius 3 is 2.21 bits per heavy atom. The van der Waals surface area contributed by atoms with E-state index in [2.05, 4.69) is 10.6 Å². The molecule has 0 aliphatic carbocycles. The van der Waals surface area contributed by atoms with Crippen molar-refractivity contribution in [3.63, 3.8) is 0 Å². The third kappa shape index (κ3) is 4.78. The van der Waals surface area contributed by atoms with Crippen molar-refractivity contribution in [1.29, 1.82) is 0 Å². The highest BCUT2D eigenvalue weighted by Gasteiger charge is 2.16. The van der Waals surface area contributed by atoms with Crippen LogP contribution in [0.2, 0.25) is 5.02 Å². The number of benzene rings is 3. The molecule has 3 N–H and O–H groups in total. The lowest BCUT2D eigenvalue weighted by atomic mass is 10.1. The molecule has 0 spiro atoms. The molecule has 5 nitrogen and oxygen atoms in total. The molecule has 0 aliphatic rings. The van der Waals surface area contributed by atoms with E-state index >= 15 is 0 Å². The average Bonchev–Trinajstić information content (AvgIpc) is 2.71. The molecule has 0 heterocycles. The van der Waals surface area contributed by atoms with Crippen LogP contribution in [0.15, 0.2) is 84.6 Å². The van der Waals surface area contributed by atoms with Crippen LogP contribution in [-0.2, 0) is 4.79 Å². The van der Waals surface area contributed by atoms with Crippen LogP contribution in [0, 0.1) is 0 Å². The van der Waals surface area contributed by atoms with Gasteiger partial charge in [0.2, 0.25) is 0 Å². The summed E-state index contributed by atoms with van der Waals surface area (Å²) < 4.78 is 0. The number of para-hydroxylation sites is 2. The zero-order valence-electron chi connectivity index (χ0n) is 14.7. The average molecular weight is 393 g/mol. The van der Waals surface area contributed by atoms with Gasteiger partial charge in [0.25, 0.3) is 11.8 Å². The first kappa shape index (κ1) is 19.2. The van der Waals surface area contributed by atoms with Crippen LogP contribution in [0.5, 0.6) is 5.75 Å². The van der Waals surface area contributed by atoms with Gasteiger partial charge in [0.1, 0.15) is 11.4 Å². The first-order valence-electron chi connectivity index (χ1n) is 8.46.